The van der Waals surface area contributed by atoms with Gasteiger partial charge in [0.05, 0.1) is 30.8 Å². The first-order chi connectivity index (χ1) is 11.7. The Morgan fingerprint density at radius 3 is 1.92 bits per heavy atom. The van der Waals surface area contributed by atoms with Gasteiger partial charge in [0.25, 0.3) is 17.5 Å². The number of nitro groups is 1. The van der Waals surface area contributed by atoms with Gasteiger partial charge in [0, 0.05) is 14.1 Å². The number of rotatable bonds is 4. The molecule has 0 N–H and O–H groups in total. The average Bonchev–Trinajstić information content (AvgIpc) is 2.61. The van der Waals surface area contributed by atoms with Crippen molar-refractivity contribution in [3.05, 3.63) is 33.4 Å². The minimum atomic E-state index is -0.850. The molecule has 132 valence electrons. The Balaban J connectivity index is 2.66. The van der Waals surface area contributed by atoms with E-state index in [1.807, 2.05) is 0 Å². The molecule has 0 atom stereocenters. The predicted octanol–water partition coefficient (Wildman–Crippen LogP) is 1.05. The van der Waals surface area contributed by atoms with Gasteiger partial charge in [0.1, 0.15) is 5.57 Å². The summed E-state index contributed by atoms with van der Waals surface area (Å²) in [5.74, 6) is -1.38. The number of amides is 4. The third-order valence-corrected chi connectivity index (χ3v) is 3.67. The van der Waals surface area contributed by atoms with Crippen molar-refractivity contribution in [2.75, 3.05) is 28.3 Å². The number of nitrogens with zero attached hydrogens (tertiary/aromatic N) is 3. The molecule has 0 bridgehead atoms. The number of hydrogen-bond acceptors (Lipinski definition) is 7. The summed E-state index contributed by atoms with van der Waals surface area (Å²) in [5, 5.41) is 11.3. The van der Waals surface area contributed by atoms with Crippen molar-refractivity contribution in [3.63, 3.8) is 0 Å². The van der Waals surface area contributed by atoms with Crippen molar-refractivity contribution in [1.82, 2.24) is 9.80 Å². The van der Waals surface area contributed by atoms with E-state index in [1.54, 1.807) is 0 Å². The van der Waals surface area contributed by atoms with Gasteiger partial charge in [-0.2, -0.15) is 0 Å². The van der Waals surface area contributed by atoms with Crippen LogP contribution in [0.1, 0.15) is 5.56 Å². The number of imide groups is 2. The highest BCUT2D eigenvalue weighted by Crippen LogP contribution is 2.36. The SMILES string of the molecule is COc1cc(C=C2C(=O)N(C)C(=O)N(C)C2=O)c([N+](=O)[O-])cc1OC. The number of ether oxygens (including phenoxy) is 2. The van der Waals surface area contributed by atoms with Gasteiger partial charge in [-0.05, 0) is 12.1 Å². The summed E-state index contributed by atoms with van der Waals surface area (Å²) in [6.07, 6.45) is 1.06. The number of hydrogen-bond donors (Lipinski definition) is 0. The summed E-state index contributed by atoms with van der Waals surface area (Å²) >= 11 is 0. The zero-order chi connectivity index (χ0) is 18.9. The smallest absolute Gasteiger partial charge is 0.333 e. The molecule has 0 aliphatic carbocycles. The third kappa shape index (κ3) is 3.01. The van der Waals surface area contributed by atoms with Gasteiger partial charge in [-0.3, -0.25) is 29.5 Å². The quantitative estimate of drug-likeness (QED) is 0.345. The molecule has 0 aromatic heterocycles. The molecule has 10 nitrogen and oxygen atoms in total. The second-order valence-corrected chi connectivity index (χ2v) is 5.09. The predicted molar refractivity (Wildman–Crippen MR) is 85.1 cm³/mol. The van der Waals surface area contributed by atoms with Crippen molar-refractivity contribution in [2.45, 2.75) is 0 Å². The van der Waals surface area contributed by atoms with Crippen LogP contribution in [0.3, 0.4) is 0 Å². The van der Waals surface area contributed by atoms with Crippen LogP contribution >= 0.6 is 0 Å². The van der Waals surface area contributed by atoms with E-state index in [2.05, 4.69) is 0 Å². The van der Waals surface area contributed by atoms with E-state index in [-0.39, 0.29) is 28.3 Å². The van der Waals surface area contributed by atoms with Crippen LogP contribution in [0.25, 0.3) is 6.08 Å². The minimum Gasteiger partial charge on any atom is -0.493 e. The average molecular weight is 349 g/mol. The van der Waals surface area contributed by atoms with Crippen LogP contribution in [-0.4, -0.2) is 60.9 Å². The van der Waals surface area contributed by atoms with Gasteiger partial charge >= 0.3 is 6.03 Å². The van der Waals surface area contributed by atoms with Gasteiger partial charge in [-0.1, -0.05) is 0 Å². The van der Waals surface area contributed by atoms with Gasteiger partial charge in [-0.25, -0.2) is 4.79 Å². The van der Waals surface area contributed by atoms with Crippen LogP contribution in [0, 0.1) is 10.1 Å². The number of urea groups is 1. The topological polar surface area (TPSA) is 119 Å². The molecule has 1 fully saturated rings. The molecule has 25 heavy (non-hydrogen) atoms. The molecule has 4 amide bonds. The molecule has 0 spiro atoms. The van der Waals surface area contributed by atoms with Gasteiger partial charge in [0.2, 0.25) is 0 Å². The maximum atomic E-state index is 12.2. The maximum Gasteiger partial charge on any atom is 0.333 e. The van der Waals surface area contributed by atoms with E-state index in [0.29, 0.717) is 0 Å². The number of benzene rings is 1. The summed E-state index contributed by atoms with van der Waals surface area (Å²) in [7, 11) is 5.09. The van der Waals surface area contributed by atoms with Gasteiger partial charge in [0.15, 0.2) is 11.5 Å². The monoisotopic (exact) mass is 349 g/mol. The van der Waals surface area contributed by atoms with Crippen molar-refractivity contribution in [3.8, 4) is 11.5 Å². The van der Waals surface area contributed by atoms with E-state index in [4.69, 9.17) is 9.47 Å². The van der Waals surface area contributed by atoms with Crippen molar-refractivity contribution in [2.24, 2.45) is 0 Å². The molecule has 1 aromatic carbocycles. The summed E-state index contributed by atoms with van der Waals surface area (Å²) in [6, 6.07) is 1.62. The number of carbonyl (C=O) groups excluding carboxylic acids is 3. The first-order valence-corrected chi connectivity index (χ1v) is 6.95. The van der Waals surface area contributed by atoms with Crippen LogP contribution in [0.2, 0.25) is 0 Å². The molecule has 1 heterocycles. The van der Waals surface area contributed by atoms with E-state index in [1.165, 1.54) is 34.4 Å². The lowest BCUT2D eigenvalue weighted by Crippen LogP contribution is -2.52. The second kappa shape index (κ2) is 6.59. The van der Waals surface area contributed by atoms with Gasteiger partial charge in [-0.15, -0.1) is 0 Å². The summed E-state index contributed by atoms with van der Waals surface area (Å²) in [6.45, 7) is 0. The van der Waals surface area contributed by atoms with Crippen LogP contribution < -0.4 is 9.47 Å². The molecule has 1 saturated heterocycles. The Hall–Kier alpha value is -3.43. The Kier molecular flexibility index (Phi) is 4.72. The molecule has 2 rings (SSSR count). The number of nitro benzene ring substituents is 1. The molecule has 1 aliphatic heterocycles. The lowest BCUT2D eigenvalue weighted by atomic mass is 10.0. The molecule has 0 unspecified atom stereocenters. The normalized spacial score (nSPS) is 14.7. The van der Waals surface area contributed by atoms with Crippen molar-refractivity contribution in [1.29, 1.82) is 0 Å². The Bertz CT molecular complexity index is 790. The molecular weight excluding hydrogens is 334 g/mol. The zero-order valence-corrected chi connectivity index (χ0v) is 13.9. The Morgan fingerprint density at radius 1 is 1.00 bits per heavy atom. The number of likely N-dealkylation sites (N-methyl/N-ethyl adjacent to an activating group) is 2. The highest BCUT2D eigenvalue weighted by molar-refractivity contribution is 6.30. The lowest BCUT2D eigenvalue weighted by Gasteiger charge is -2.28. The van der Waals surface area contributed by atoms with E-state index < -0.39 is 22.8 Å². The van der Waals surface area contributed by atoms with E-state index >= 15 is 0 Å². The third-order valence-electron chi connectivity index (χ3n) is 3.67. The zero-order valence-electron chi connectivity index (χ0n) is 13.9. The fraction of sp³-hybridized carbons (Fsp3) is 0.267. The fourth-order valence-electron chi connectivity index (χ4n) is 2.29. The lowest BCUT2D eigenvalue weighted by molar-refractivity contribution is -0.385. The van der Waals surface area contributed by atoms with Gasteiger partial charge < -0.3 is 9.47 Å². The first-order valence-electron chi connectivity index (χ1n) is 6.95. The Labute approximate surface area is 142 Å². The van der Waals surface area contributed by atoms with Crippen LogP contribution in [0.5, 0.6) is 11.5 Å². The number of carbonyl (C=O) groups is 3. The highest BCUT2D eigenvalue weighted by atomic mass is 16.6. The second-order valence-electron chi connectivity index (χ2n) is 5.09. The largest absolute Gasteiger partial charge is 0.493 e. The summed E-state index contributed by atoms with van der Waals surface area (Å²) in [4.78, 5) is 48.3. The summed E-state index contributed by atoms with van der Waals surface area (Å²) < 4.78 is 10.1. The number of barbiturate groups is 1. The van der Waals surface area contributed by atoms with Crippen LogP contribution in [-0.2, 0) is 9.59 Å². The molecule has 0 saturated carbocycles. The maximum absolute atomic E-state index is 12.2. The van der Waals surface area contributed by atoms with E-state index in [0.717, 1.165) is 21.9 Å². The van der Waals surface area contributed by atoms with Crippen molar-refractivity contribution >= 4 is 29.6 Å². The molecule has 1 aliphatic rings. The van der Waals surface area contributed by atoms with Crippen LogP contribution in [0.15, 0.2) is 17.7 Å². The van der Waals surface area contributed by atoms with Crippen LogP contribution in [0.4, 0.5) is 10.5 Å². The summed E-state index contributed by atoms with van der Waals surface area (Å²) in [5.41, 5.74) is -0.789. The minimum absolute atomic E-state index is 0.0319. The molecular formula is C15H15N3O7. The molecule has 1 aromatic rings. The highest BCUT2D eigenvalue weighted by Gasteiger charge is 2.38. The Morgan fingerprint density at radius 2 is 1.48 bits per heavy atom. The number of methoxy groups -OCH3 is 2. The van der Waals surface area contributed by atoms with Crippen molar-refractivity contribution < 1.29 is 28.8 Å². The molecule has 10 heteroatoms. The fourth-order valence-corrected chi connectivity index (χ4v) is 2.29. The molecule has 0 radical (unpaired) electrons. The van der Waals surface area contributed by atoms with E-state index in [9.17, 15) is 24.5 Å². The standard InChI is InChI=1S/C15H15N3O7/c1-16-13(19)9(14(20)17(2)15(16)21)5-8-6-11(24-3)12(25-4)7-10(8)18(22)23/h5-7H,1-4H3. The first kappa shape index (κ1) is 17.9.